The summed E-state index contributed by atoms with van der Waals surface area (Å²) < 4.78 is 5.48. The molecular weight excluding hydrogens is 242 g/mol. The lowest BCUT2D eigenvalue weighted by molar-refractivity contribution is -0.384. The number of nitro benzene ring substituents is 1. The number of hydrogen-bond acceptors (Lipinski definition) is 3. The van der Waals surface area contributed by atoms with Crippen molar-refractivity contribution in [3.05, 3.63) is 75.8 Å². The van der Waals surface area contributed by atoms with E-state index in [0.717, 1.165) is 11.1 Å². The molecule has 0 spiro atoms. The maximum atomic E-state index is 10.6. The standard InChI is InChI=1S/C15H15NO3/c1-19-15(13-5-3-2-4-6-13)11-12-7-9-14(10-8-12)16(17)18/h2-10,15H,11H2,1H3/t15-/m0/s1. The molecule has 4 nitrogen and oxygen atoms in total. The molecule has 0 N–H and O–H groups in total. The van der Waals surface area contributed by atoms with E-state index < -0.39 is 4.92 Å². The smallest absolute Gasteiger partial charge is 0.269 e. The Bertz CT molecular complexity index is 537. The van der Waals surface area contributed by atoms with Gasteiger partial charge in [-0.1, -0.05) is 42.5 Å². The molecule has 0 unspecified atom stereocenters. The molecule has 2 aromatic rings. The highest BCUT2D eigenvalue weighted by atomic mass is 16.6. The van der Waals surface area contributed by atoms with Crippen molar-refractivity contribution < 1.29 is 9.66 Å². The molecule has 0 heterocycles. The topological polar surface area (TPSA) is 52.4 Å². The third-order valence-electron chi connectivity index (χ3n) is 3.02. The van der Waals surface area contributed by atoms with Crippen LogP contribution in [0.4, 0.5) is 5.69 Å². The summed E-state index contributed by atoms with van der Waals surface area (Å²) in [5.74, 6) is 0. The van der Waals surface area contributed by atoms with E-state index in [4.69, 9.17) is 4.74 Å². The molecule has 4 heteroatoms. The quantitative estimate of drug-likeness (QED) is 0.608. The number of nitro groups is 1. The third kappa shape index (κ3) is 3.39. The van der Waals surface area contributed by atoms with E-state index in [1.807, 2.05) is 30.3 Å². The van der Waals surface area contributed by atoms with E-state index in [9.17, 15) is 10.1 Å². The van der Waals surface area contributed by atoms with Crippen molar-refractivity contribution in [2.45, 2.75) is 12.5 Å². The van der Waals surface area contributed by atoms with Crippen LogP contribution in [-0.2, 0) is 11.2 Å². The minimum absolute atomic E-state index is 0.0392. The van der Waals surface area contributed by atoms with E-state index in [0.29, 0.717) is 6.42 Å². The Morgan fingerprint density at radius 3 is 2.26 bits per heavy atom. The molecule has 0 aliphatic rings. The Hall–Kier alpha value is -2.20. The molecular formula is C15H15NO3. The van der Waals surface area contributed by atoms with E-state index in [1.54, 1.807) is 19.2 Å². The molecule has 0 aliphatic carbocycles. The van der Waals surface area contributed by atoms with Crippen LogP contribution in [0.2, 0.25) is 0 Å². The number of ether oxygens (including phenoxy) is 1. The van der Waals surface area contributed by atoms with E-state index >= 15 is 0 Å². The molecule has 19 heavy (non-hydrogen) atoms. The van der Waals surface area contributed by atoms with Crippen molar-refractivity contribution in [1.29, 1.82) is 0 Å². The summed E-state index contributed by atoms with van der Waals surface area (Å²) in [4.78, 5) is 10.2. The van der Waals surface area contributed by atoms with Gasteiger partial charge in [0, 0.05) is 25.7 Å². The first-order valence-electron chi connectivity index (χ1n) is 6.02. The highest BCUT2D eigenvalue weighted by molar-refractivity contribution is 5.33. The monoisotopic (exact) mass is 257 g/mol. The summed E-state index contributed by atoms with van der Waals surface area (Å²) in [6, 6.07) is 16.5. The van der Waals surface area contributed by atoms with Crippen LogP contribution in [0.15, 0.2) is 54.6 Å². The average molecular weight is 257 g/mol. The molecule has 0 saturated heterocycles. The Morgan fingerprint density at radius 2 is 1.74 bits per heavy atom. The van der Waals surface area contributed by atoms with Crippen LogP contribution in [0.3, 0.4) is 0 Å². The second-order valence-electron chi connectivity index (χ2n) is 4.26. The Labute approximate surface area is 111 Å². The Balaban J connectivity index is 2.12. The average Bonchev–Trinajstić information content (AvgIpc) is 2.46. The zero-order valence-corrected chi connectivity index (χ0v) is 10.7. The van der Waals surface area contributed by atoms with Crippen molar-refractivity contribution in [3.63, 3.8) is 0 Å². The van der Waals surface area contributed by atoms with Crippen molar-refractivity contribution in [3.8, 4) is 0 Å². The number of hydrogen-bond donors (Lipinski definition) is 0. The fraction of sp³-hybridized carbons (Fsp3) is 0.200. The molecule has 0 bridgehead atoms. The predicted octanol–water partition coefficient (Wildman–Crippen LogP) is 3.53. The van der Waals surface area contributed by atoms with Gasteiger partial charge in [-0.25, -0.2) is 0 Å². The molecule has 0 fully saturated rings. The van der Waals surface area contributed by atoms with E-state index in [1.165, 1.54) is 12.1 Å². The van der Waals surface area contributed by atoms with E-state index in [2.05, 4.69) is 0 Å². The van der Waals surface area contributed by atoms with Gasteiger partial charge in [-0.05, 0) is 11.1 Å². The molecule has 0 radical (unpaired) electrons. The van der Waals surface area contributed by atoms with Crippen LogP contribution in [0.5, 0.6) is 0 Å². The first-order valence-corrected chi connectivity index (χ1v) is 6.02. The lowest BCUT2D eigenvalue weighted by Crippen LogP contribution is -2.05. The lowest BCUT2D eigenvalue weighted by atomic mass is 10.0. The van der Waals surface area contributed by atoms with Crippen LogP contribution < -0.4 is 0 Å². The van der Waals surface area contributed by atoms with Crippen LogP contribution >= 0.6 is 0 Å². The highest BCUT2D eigenvalue weighted by Gasteiger charge is 2.12. The fourth-order valence-corrected chi connectivity index (χ4v) is 1.97. The maximum Gasteiger partial charge on any atom is 0.269 e. The molecule has 0 aliphatic heterocycles. The molecule has 2 rings (SSSR count). The predicted molar refractivity (Wildman–Crippen MR) is 73.0 cm³/mol. The van der Waals surface area contributed by atoms with Gasteiger partial charge in [-0.2, -0.15) is 0 Å². The summed E-state index contributed by atoms with van der Waals surface area (Å²) in [5.41, 5.74) is 2.22. The summed E-state index contributed by atoms with van der Waals surface area (Å²) >= 11 is 0. The molecule has 2 aromatic carbocycles. The van der Waals surface area contributed by atoms with Crippen LogP contribution in [0.1, 0.15) is 17.2 Å². The molecule has 0 aromatic heterocycles. The number of benzene rings is 2. The van der Waals surface area contributed by atoms with Crippen LogP contribution in [0.25, 0.3) is 0 Å². The number of non-ortho nitro benzene ring substituents is 1. The molecule has 0 amide bonds. The number of nitrogens with zero attached hydrogens (tertiary/aromatic N) is 1. The second kappa shape index (κ2) is 6.11. The van der Waals surface area contributed by atoms with Crippen LogP contribution in [-0.4, -0.2) is 12.0 Å². The first-order chi connectivity index (χ1) is 9.20. The summed E-state index contributed by atoms with van der Waals surface area (Å²) in [5, 5.41) is 10.6. The van der Waals surface area contributed by atoms with Gasteiger partial charge in [0.25, 0.3) is 5.69 Å². The van der Waals surface area contributed by atoms with Crippen molar-refractivity contribution in [2.75, 3.05) is 7.11 Å². The van der Waals surface area contributed by atoms with Gasteiger partial charge < -0.3 is 4.74 Å². The minimum atomic E-state index is -0.394. The molecule has 98 valence electrons. The molecule has 1 atom stereocenters. The fourth-order valence-electron chi connectivity index (χ4n) is 1.97. The summed E-state index contributed by atoms with van der Waals surface area (Å²) in [6.07, 6.45) is 0.654. The minimum Gasteiger partial charge on any atom is -0.376 e. The number of methoxy groups -OCH3 is 1. The summed E-state index contributed by atoms with van der Waals surface area (Å²) in [6.45, 7) is 0. The third-order valence-corrected chi connectivity index (χ3v) is 3.02. The van der Waals surface area contributed by atoms with Crippen molar-refractivity contribution in [1.82, 2.24) is 0 Å². The lowest BCUT2D eigenvalue weighted by Gasteiger charge is -2.15. The van der Waals surface area contributed by atoms with Crippen molar-refractivity contribution in [2.24, 2.45) is 0 Å². The second-order valence-corrected chi connectivity index (χ2v) is 4.26. The van der Waals surface area contributed by atoms with Gasteiger partial charge in [0.05, 0.1) is 11.0 Å². The molecule has 0 saturated carbocycles. The number of rotatable bonds is 5. The van der Waals surface area contributed by atoms with Crippen molar-refractivity contribution >= 4 is 5.69 Å². The van der Waals surface area contributed by atoms with Crippen LogP contribution in [0, 0.1) is 10.1 Å². The van der Waals surface area contributed by atoms with Gasteiger partial charge in [0.1, 0.15) is 0 Å². The maximum absolute atomic E-state index is 10.6. The zero-order chi connectivity index (χ0) is 13.7. The van der Waals surface area contributed by atoms with Gasteiger partial charge in [0.15, 0.2) is 0 Å². The normalized spacial score (nSPS) is 12.1. The Morgan fingerprint density at radius 1 is 1.11 bits per heavy atom. The highest BCUT2D eigenvalue weighted by Crippen LogP contribution is 2.22. The van der Waals surface area contributed by atoms with Gasteiger partial charge in [-0.15, -0.1) is 0 Å². The van der Waals surface area contributed by atoms with E-state index in [-0.39, 0.29) is 11.8 Å². The zero-order valence-electron chi connectivity index (χ0n) is 10.7. The Kier molecular flexibility index (Phi) is 4.26. The SMILES string of the molecule is CO[C@@H](Cc1ccc([N+](=O)[O-])cc1)c1ccccc1. The van der Waals surface area contributed by atoms with Gasteiger partial charge in [-0.3, -0.25) is 10.1 Å². The van der Waals surface area contributed by atoms with Gasteiger partial charge in [0.2, 0.25) is 0 Å². The summed E-state index contributed by atoms with van der Waals surface area (Å²) in [7, 11) is 1.67. The van der Waals surface area contributed by atoms with Gasteiger partial charge >= 0.3 is 0 Å². The first kappa shape index (κ1) is 13.2. The largest absolute Gasteiger partial charge is 0.376 e.